The molecule has 0 saturated carbocycles. The van der Waals surface area contributed by atoms with Crippen LogP contribution in [0.4, 0.5) is 0 Å². The van der Waals surface area contributed by atoms with Crippen LogP contribution in [-0.4, -0.2) is 15.0 Å². The Morgan fingerprint density at radius 2 is 0.920 bits per heavy atom. The first kappa shape index (κ1) is 28.3. The van der Waals surface area contributed by atoms with Crippen molar-refractivity contribution in [2.24, 2.45) is 0 Å². The number of fused-ring (bicyclic) bond motifs is 1. The van der Waals surface area contributed by atoms with Crippen molar-refractivity contribution < 1.29 is 0 Å². The van der Waals surface area contributed by atoms with Gasteiger partial charge in [-0.25, -0.2) is 15.0 Å². The van der Waals surface area contributed by atoms with Gasteiger partial charge in [0.2, 0.25) is 0 Å². The molecule has 8 aromatic carbocycles. The summed E-state index contributed by atoms with van der Waals surface area (Å²) in [4.78, 5) is 14.6. The minimum absolute atomic E-state index is 0.723. The molecule has 232 valence electrons. The number of pyridine rings is 1. The highest BCUT2D eigenvalue weighted by Crippen LogP contribution is 2.40. The predicted octanol–water partition coefficient (Wildman–Crippen LogP) is 12.3. The van der Waals surface area contributed by atoms with Gasteiger partial charge in [-0.2, -0.15) is 0 Å². The summed E-state index contributed by atoms with van der Waals surface area (Å²) in [5.74, 6) is 0.723. The second kappa shape index (κ2) is 11.5. The van der Waals surface area contributed by atoms with Gasteiger partial charge in [-0.1, -0.05) is 152 Å². The van der Waals surface area contributed by atoms with Crippen LogP contribution in [0.15, 0.2) is 176 Å². The van der Waals surface area contributed by atoms with Gasteiger partial charge in [0.1, 0.15) is 0 Å². The number of hydrogen-bond acceptors (Lipinski definition) is 3. The monoisotopic (exact) mass is 635 g/mol. The minimum Gasteiger partial charge on any atom is -0.248 e. The van der Waals surface area contributed by atoms with E-state index in [0.717, 1.165) is 55.9 Å². The van der Waals surface area contributed by atoms with Crippen molar-refractivity contribution in [1.29, 1.82) is 0 Å². The number of nitrogens with zero attached hydrogens (tertiary/aromatic N) is 3. The molecule has 0 N–H and O–H groups in total. The highest BCUT2D eigenvalue weighted by molar-refractivity contribution is 6.25. The molecule has 10 rings (SSSR count). The number of benzene rings is 8. The Labute approximate surface area is 289 Å². The van der Waals surface area contributed by atoms with Crippen LogP contribution in [0.2, 0.25) is 0 Å². The summed E-state index contributed by atoms with van der Waals surface area (Å²) >= 11 is 0. The van der Waals surface area contributed by atoms with Gasteiger partial charge >= 0.3 is 0 Å². The molecule has 10 aromatic rings. The Morgan fingerprint density at radius 1 is 0.340 bits per heavy atom. The summed E-state index contributed by atoms with van der Waals surface area (Å²) in [6.45, 7) is 0. The van der Waals surface area contributed by atoms with Crippen LogP contribution in [0.5, 0.6) is 0 Å². The lowest BCUT2D eigenvalue weighted by Crippen LogP contribution is -1.92. The van der Waals surface area contributed by atoms with E-state index in [2.05, 4.69) is 145 Å². The second-order valence-corrected chi connectivity index (χ2v) is 12.9. The van der Waals surface area contributed by atoms with Crippen molar-refractivity contribution in [2.75, 3.05) is 0 Å². The Kier molecular flexibility index (Phi) is 6.49. The third-order valence-electron chi connectivity index (χ3n) is 9.88. The first-order valence-electron chi connectivity index (χ1n) is 16.9. The van der Waals surface area contributed by atoms with E-state index < -0.39 is 0 Å². The molecular formula is C47H29N3. The zero-order valence-electron chi connectivity index (χ0n) is 27.1. The summed E-state index contributed by atoms with van der Waals surface area (Å²) in [6.07, 6.45) is 1.89. The third-order valence-corrected chi connectivity index (χ3v) is 9.88. The van der Waals surface area contributed by atoms with E-state index in [9.17, 15) is 0 Å². The topological polar surface area (TPSA) is 38.7 Å². The normalized spacial score (nSPS) is 11.6. The zero-order valence-corrected chi connectivity index (χ0v) is 27.1. The van der Waals surface area contributed by atoms with E-state index in [0.29, 0.717) is 0 Å². The lowest BCUT2D eigenvalue weighted by molar-refractivity contribution is 1.23. The summed E-state index contributed by atoms with van der Waals surface area (Å²) in [7, 11) is 0. The molecule has 0 bridgehead atoms. The van der Waals surface area contributed by atoms with Crippen LogP contribution in [0.1, 0.15) is 0 Å². The standard InChI is InChI=1S/C47H29N3/c1-2-7-32(8-3-1)43-27-39(30-13-21-37(22-14-30)47-48-29-38-9-4-5-12-42(38)50-47)28-44(49-43)33-17-15-31(16-18-33)40-25-23-36-20-19-34-10-6-11-35-24-26-41(40)46(36)45(34)35/h1-29H. The SMILES string of the molecule is c1ccc(-c2cc(-c3ccc(-c4ncc5ccccc5n4)cc3)cc(-c3ccc(-c4ccc5ccc6cccc7ccc4c5c67)cc3)n2)cc1. The number of aromatic nitrogens is 3. The second-order valence-electron chi connectivity index (χ2n) is 12.9. The molecule has 0 aliphatic heterocycles. The van der Waals surface area contributed by atoms with Gasteiger partial charge in [0.15, 0.2) is 5.82 Å². The van der Waals surface area contributed by atoms with Gasteiger partial charge in [0.25, 0.3) is 0 Å². The summed E-state index contributed by atoms with van der Waals surface area (Å²) in [5, 5.41) is 8.83. The molecule has 0 amide bonds. The van der Waals surface area contributed by atoms with Gasteiger partial charge in [0, 0.05) is 28.3 Å². The summed E-state index contributed by atoms with van der Waals surface area (Å²) < 4.78 is 0. The van der Waals surface area contributed by atoms with Crippen LogP contribution < -0.4 is 0 Å². The number of para-hydroxylation sites is 1. The fraction of sp³-hybridized carbons (Fsp3) is 0. The first-order valence-corrected chi connectivity index (χ1v) is 16.9. The van der Waals surface area contributed by atoms with Gasteiger partial charge in [-0.05, 0) is 72.8 Å². The lowest BCUT2D eigenvalue weighted by Gasteiger charge is -2.15. The average molecular weight is 636 g/mol. The van der Waals surface area contributed by atoms with Crippen molar-refractivity contribution in [3.05, 3.63) is 176 Å². The predicted molar refractivity (Wildman–Crippen MR) is 208 cm³/mol. The smallest absolute Gasteiger partial charge is 0.159 e. The summed E-state index contributed by atoms with van der Waals surface area (Å²) in [5.41, 5.74) is 10.6. The molecule has 0 saturated heterocycles. The maximum Gasteiger partial charge on any atom is 0.159 e. The van der Waals surface area contributed by atoms with Gasteiger partial charge in [-0.3, -0.25) is 0 Å². The molecule has 0 fully saturated rings. The molecule has 3 heteroatoms. The molecule has 0 atom stereocenters. The maximum atomic E-state index is 5.18. The molecule has 3 nitrogen and oxygen atoms in total. The van der Waals surface area contributed by atoms with Crippen molar-refractivity contribution in [3.8, 4) is 56.2 Å². The van der Waals surface area contributed by atoms with Crippen molar-refractivity contribution in [1.82, 2.24) is 15.0 Å². The van der Waals surface area contributed by atoms with Crippen LogP contribution in [0, 0.1) is 0 Å². The highest BCUT2D eigenvalue weighted by Gasteiger charge is 2.14. The molecule has 50 heavy (non-hydrogen) atoms. The molecular weight excluding hydrogens is 607 g/mol. The highest BCUT2D eigenvalue weighted by atomic mass is 14.9. The van der Waals surface area contributed by atoms with E-state index in [1.54, 1.807) is 0 Å². The Hall–Kier alpha value is -6.71. The number of hydrogen-bond donors (Lipinski definition) is 0. The Bertz CT molecular complexity index is 2820. The molecule has 0 aliphatic carbocycles. The molecule has 2 heterocycles. The molecule has 0 unspecified atom stereocenters. The van der Waals surface area contributed by atoms with Gasteiger partial charge in [-0.15, -0.1) is 0 Å². The van der Waals surface area contributed by atoms with E-state index in [4.69, 9.17) is 9.97 Å². The fourth-order valence-corrected chi connectivity index (χ4v) is 7.33. The van der Waals surface area contributed by atoms with E-state index in [1.165, 1.54) is 43.4 Å². The van der Waals surface area contributed by atoms with Gasteiger partial charge in [0.05, 0.1) is 16.9 Å². The molecule has 0 spiro atoms. The lowest BCUT2D eigenvalue weighted by atomic mass is 9.89. The first-order chi connectivity index (χ1) is 24.7. The van der Waals surface area contributed by atoms with E-state index >= 15 is 0 Å². The molecule has 0 radical (unpaired) electrons. The molecule has 0 aliphatic rings. The van der Waals surface area contributed by atoms with Crippen LogP contribution in [0.3, 0.4) is 0 Å². The average Bonchev–Trinajstić information content (AvgIpc) is 3.20. The quantitative estimate of drug-likeness (QED) is 0.177. The Balaban J connectivity index is 1.04. The van der Waals surface area contributed by atoms with Crippen molar-refractivity contribution in [2.45, 2.75) is 0 Å². The van der Waals surface area contributed by atoms with Crippen molar-refractivity contribution >= 4 is 43.2 Å². The van der Waals surface area contributed by atoms with Crippen LogP contribution >= 0.6 is 0 Å². The van der Waals surface area contributed by atoms with E-state index in [1.807, 2.05) is 36.5 Å². The fourth-order valence-electron chi connectivity index (χ4n) is 7.33. The third kappa shape index (κ3) is 4.79. The van der Waals surface area contributed by atoms with Crippen LogP contribution in [0.25, 0.3) is 99.4 Å². The van der Waals surface area contributed by atoms with E-state index in [-0.39, 0.29) is 0 Å². The minimum atomic E-state index is 0.723. The maximum absolute atomic E-state index is 5.18. The largest absolute Gasteiger partial charge is 0.248 e. The van der Waals surface area contributed by atoms with Crippen molar-refractivity contribution in [3.63, 3.8) is 0 Å². The zero-order chi connectivity index (χ0) is 33.0. The molecule has 2 aromatic heterocycles. The van der Waals surface area contributed by atoms with Gasteiger partial charge < -0.3 is 0 Å². The summed E-state index contributed by atoms with van der Waals surface area (Å²) in [6, 6.07) is 60.3. The van der Waals surface area contributed by atoms with Crippen LogP contribution in [-0.2, 0) is 0 Å². The Morgan fingerprint density at radius 3 is 1.70 bits per heavy atom. The number of rotatable bonds is 5.